The van der Waals surface area contributed by atoms with Gasteiger partial charge in [-0.3, -0.25) is 9.59 Å². The third-order valence-corrected chi connectivity index (χ3v) is 4.66. The first kappa shape index (κ1) is 17.5. The number of hydrogen-bond acceptors (Lipinski definition) is 2. The van der Waals surface area contributed by atoms with Crippen molar-refractivity contribution in [3.63, 3.8) is 0 Å². The highest BCUT2D eigenvalue weighted by atomic mass is 16.2. The SMILES string of the molecule is CCc1cccc(C)c1NC(=O)C1CCN(C(=O)C(C)C)CC1. The van der Waals surface area contributed by atoms with Gasteiger partial charge in [0.15, 0.2) is 0 Å². The molecule has 1 aliphatic heterocycles. The molecule has 0 aromatic heterocycles. The van der Waals surface area contributed by atoms with Crippen molar-refractivity contribution >= 4 is 17.5 Å². The summed E-state index contributed by atoms with van der Waals surface area (Å²) in [6, 6.07) is 6.12. The summed E-state index contributed by atoms with van der Waals surface area (Å²) in [6.07, 6.45) is 2.40. The van der Waals surface area contributed by atoms with Crippen LogP contribution in [0.25, 0.3) is 0 Å². The van der Waals surface area contributed by atoms with Gasteiger partial charge in [0, 0.05) is 30.6 Å². The predicted octanol–water partition coefficient (Wildman–Crippen LogP) is 3.39. The van der Waals surface area contributed by atoms with Crippen LogP contribution in [0.4, 0.5) is 5.69 Å². The van der Waals surface area contributed by atoms with E-state index in [2.05, 4.69) is 18.3 Å². The van der Waals surface area contributed by atoms with Crippen molar-refractivity contribution in [3.8, 4) is 0 Å². The fraction of sp³-hybridized carbons (Fsp3) is 0.579. The molecule has 1 aliphatic rings. The maximum Gasteiger partial charge on any atom is 0.227 e. The van der Waals surface area contributed by atoms with Gasteiger partial charge < -0.3 is 10.2 Å². The number of carbonyl (C=O) groups excluding carboxylic acids is 2. The third-order valence-electron chi connectivity index (χ3n) is 4.66. The maximum atomic E-state index is 12.6. The minimum absolute atomic E-state index is 0.00414. The quantitative estimate of drug-likeness (QED) is 0.925. The zero-order chi connectivity index (χ0) is 17.0. The Balaban J connectivity index is 1.97. The number of benzene rings is 1. The number of piperidine rings is 1. The number of likely N-dealkylation sites (tertiary alicyclic amines) is 1. The van der Waals surface area contributed by atoms with Crippen molar-refractivity contribution in [2.45, 2.75) is 47.0 Å². The molecule has 1 fully saturated rings. The first-order valence-corrected chi connectivity index (χ1v) is 8.62. The van der Waals surface area contributed by atoms with Crippen LogP contribution in [0.15, 0.2) is 18.2 Å². The molecule has 2 rings (SSSR count). The predicted molar refractivity (Wildman–Crippen MR) is 93.3 cm³/mol. The van der Waals surface area contributed by atoms with E-state index in [1.807, 2.05) is 37.8 Å². The van der Waals surface area contributed by atoms with Gasteiger partial charge in [-0.1, -0.05) is 39.0 Å². The highest BCUT2D eigenvalue weighted by molar-refractivity contribution is 5.94. The van der Waals surface area contributed by atoms with Crippen LogP contribution in [-0.2, 0) is 16.0 Å². The van der Waals surface area contributed by atoms with Gasteiger partial charge in [-0.2, -0.15) is 0 Å². The van der Waals surface area contributed by atoms with Gasteiger partial charge in [0.25, 0.3) is 0 Å². The van der Waals surface area contributed by atoms with E-state index in [0.29, 0.717) is 13.1 Å². The zero-order valence-electron chi connectivity index (χ0n) is 14.7. The molecule has 0 atom stereocenters. The molecule has 4 nitrogen and oxygen atoms in total. The molecular weight excluding hydrogens is 288 g/mol. The van der Waals surface area contributed by atoms with Crippen molar-refractivity contribution in [1.29, 1.82) is 0 Å². The van der Waals surface area contributed by atoms with Gasteiger partial charge >= 0.3 is 0 Å². The van der Waals surface area contributed by atoms with Crippen molar-refractivity contribution in [3.05, 3.63) is 29.3 Å². The number of rotatable bonds is 4. The Morgan fingerprint density at radius 1 is 1.26 bits per heavy atom. The van der Waals surface area contributed by atoms with Gasteiger partial charge in [0.1, 0.15) is 0 Å². The second kappa shape index (κ2) is 7.62. The largest absolute Gasteiger partial charge is 0.342 e. The molecule has 0 saturated carbocycles. The Hall–Kier alpha value is -1.84. The van der Waals surface area contributed by atoms with Crippen molar-refractivity contribution in [1.82, 2.24) is 4.90 Å². The van der Waals surface area contributed by atoms with Crippen LogP contribution in [0, 0.1) is 18.8 Å². The van der Waals surface area contributed by atoms with E-state index >= 15 is 0 Å². The van der Waals surface area contributed by atoms with E-state index < -0.39 is 0 Å². The summed E-state index contributed by atoms with van der Waals surface area (Å²) in [5.41, 5.74) is 3.23. The molecule has 1 aromatic carbocycles. The molecule has 126 valence electrons. The molecule has 0 aliphatic carbocycles. The average molecular weight is 316 g/mol. The highest BCUT2D eigenvalue weighted by Crippen LogP contribution is 2.25. The Labute approximate surface area is 139 Å². The topological polar surface area (TPSA) is 49.4 Å². The summed E-state index contributed by atoms with van der Waals surface area (Å²) < 4.78 is 0. The van der Waals surface area contributed by atoms with Gasteiger partial charge in [0.2, 0.25) is 11.8 Å². The molecule has 0 unspecified atom stereocenters. The third kappa shape index (κ3) is 4.12. The van der Waals surface area contributed by atoms with E-state index in [1.54, 1.807) is 0 Å². The van der Waals surface area contributed by atoms with Gasteiger partial charge in [-0.25, -0.2) is 0 Å². The normalized spacial score (nSPS) is 15.8. The number of anilines is 1. The monoisotopic (exact) mass is 316 g/mol. The second-order valence-electron chi connectivity index (χ2n) is 6.71. The van der Waals surface area contributed by atoms with Crippen LogP contribution in [0.5, 0.6) is 0 Å². The molecule has 2 amide bonds. The molecule has 0 bridgehead atoms. The summed E-state index contributed by atoms with van der Waals surface area (Å²) in [6.45, 7) is 9.34. The molecule has 1 heterocycles. The molecule has 23 heavy (non-hydrogen) atoms. The zero-order valence-corrected chi connectivity index (χ0v) is 14.7. The Kier molecular flexibility index (Phi) is 5.80. The standard InChI is InChI=1S/C19H28N2O2/c1-5-15-8-6-7-14(4)17(15)20-18(22)16-9-11-21(12-10-16)19(23)13(2)3/h6-8,13,16H,5,9-12H2,1-4H3,(H,20,22). The van der Waals surface area contributed by atoms with Crippen molar-refractivity contribution in [2.24, 2.45) is 11.8 Å². The number of aryl methyl sites for hydroxylation is 2. The number of nitrogens with zero attached hydrogens (tertiary/aromatic N) is 1. The summed E-state index contributed by atoms with van der Waals surface area (Å²) in [7, 11) is 0. The Morgan fingerprint density at radius 2 is 1.91 bits per heavy atom. The van der Waals surface area contributed by atoms with Crippen LogP contribution in [0.2, 0.25) is 0 Å². The van der Waals surface area contributed by atoms with Crippen LogP contribution < -0.4 is 5.32 Å². The molecule has 4 heteroatoms. The lowest BCUT2D eigenvalue weighted by Crippen LogP contribution is -2.43. The second-order valence-corrected chi connectivity index (χ2v) is 6.71. The molecule has 0 spiro atoms. The lowest BCUT2D eigenvalue weighted by molar-refractivity contribution is -0.137. The first-order valence-electron chi connectivity index (χ1n) is 8.62. The number of amides is 2. The molecule has 1 saturated heterocycles. The van der Waals surface area contributed by atoms with Crippen LogP contribution in [0.1, 0.15) is 44.7 Å². The average Bonchev–Trinajstić information content (AvgIpc) is 2.55. The Morgan fingerprint density at radius 3 is 2.48 bits per heavy atom. The minimum Gasteiger partial charge on any atom is -0.342 e. The van der Waals surface area contributed by atoms with E-state index in [0.717, 1.165) is 30.5 Å². The molecule has 1 N–H and O–H groups in total. The summed E-state index contributed by atoms with van der Waals surface area (Å²) in [4.78, 5) is 26.5. The summed E-state index contributed by atoms with van der Waals surface area (Å²) in [5, 5.41) is 3.12. The molecule has 1 aromatic rings. The van der Waals surface area contributed by atoms with E-state index in [1.165, 1.54) is 5.56 Å². The van der Waals surface area contributed by atoms with Gasteiger partial charge in [-0.05, 0) is 37.3 Å². The number of nitrogens with one attached hydrogen (secondary N) is 1. The van der Waals surface area contributed by atoms with E-state index in [-0.39, 0.29) is 23.7 Å². The van der Waals surface area contributed by atoms with E-state index in [4.69, 9.17) is 0 Å². The van der Waals surface area contributed by atoms with Crippen molar-refractivity contribution < 1.29 is 9.59 Å². The van der Waals surface area contributed by atoms with Crippen LogP contribution >= 0.6 is 0 Å². The van der Waals surface area contributed by atoms with E-state index in [9.17, 15) is 9.59 Å². The van der Waals surface area contributed by atoms with Crippen molar-refractivity contribution in [2.75, 3.05) is 18.4 Å². The Bertz CT molecular complexity index is 573. The lowest BCUT2D eigenvalue weighted by atomic mass is 9.94. The van der Waals surface area contributed by atoms with Crippen LogP contribution in [-0.4, -0.2) is 29.8 Å². The summed E-state index contributed by atoms with van der Waals surface area (Å²) in [5.74, 6) is 0.302. The number of carbonyl (C=O) groups is 2. The highest BCUT2D eigenvalue weighted by Gasteiger charge is 2.28. The van der Waals surface area contributed by atoms with Gasteiger partial charge in [0.05, 0.1) is 0 Å². The first-order chi connectivity index (χ1) is 10.9. The smallest absolute Gasteiger partial charge is 0.227 e. The molecule has 0 radical (unpaired) electrons. The summed E-state index contributed by atoms with van der Waals surface area (Å²) >= 11 is 0. The molecular formula is C19H28N2O2. The fourth-order valence-electron chi connectivity index (χ4n) is 3.15. The number of hydrogen-bond donors (Lipinski definition) is 1. The number of para-hydroxylation sites is 1. The van der Waals surface area contributed by atoms with Crippen LogP contribution in [0.3, 0.4) is 0 Å². The lowest BCUT2D eigenvalue weighted by Gasteiger charge is -2.32. The minimum atomic E-state index is -0.00414. The van der Waals surface area contributed by atoms with Gasteiger partial charge in [-0.15, -0.1) is 0 Å². The maximum absolute atomic E-state index is 12.6. The fourth-order valence-corrected chi connectivity index (χ4v) is 3.15.